The maximum atomic E-state index is 12.6. The van der Waals surface area contributed by atoms with Gasteiger partial charge in [0.15, 0.2) is 0 Å². The monoisotopic (exact) mass is 372 g/mol. The Hall–Kier alpha value is -2.39. The number of nitrogens with zero attached hydrogens (tertiary/aromatic N) is 5. The predicted octanol–water partition coefficient (Wildman–Crippen LogP) is 1.03. The summed E-state index contributed by atoms with van der Waals surface area (Å²) in [6, 6.07) is 2.26. The molecule has 2 fully saturated rings. The highest BCUT2D eigenvalue weighted by Crippen LogP contribution is 2.23. The standard InChI is InChI=1S/C18H24N6O3/c25-18(13-3-1-8-24(12-13)14-4-9-26-10-5-14)21-11-15-22-17(23-27-15)16-19-6-2-7-20-16/h2,6-7,13-14H,1,3-5,8-12H2,(H,21,25). The number of carbonyl (C=O) groups excluding carboxylic acids is 1. The van der Waals surface area contributed by atoms with E-state index in [-0.39, 0.29) is 18.4 Å². The van der Waals surface area contributed by atoms with E-state index >= 15 is 0 Å². The Kier molecular flexibility index (Phi) is 5.69. The lowest BCUT2D eigenvalue weighted by Gasteiger charge is -2.39. The van der Waals surface area contributed by atoms with Crippen molar-refractivity contribution in [3.63, 3.8) is 0 Å². The van der Waals surface area contributed by atoms with Crippen molar-refractivity contribution in [2.75, 3.05) is 26.3 Å². The van der Waals surface area contributed by atoms with E-state index in [1.165, 1.54) is 0 Å². The summed E-state index contributed by atoms with van der Waals surface area (Å²) >= 11 is 0. The number of piperidine rings is 1. The molecule has 1 amide bonds. The van der Waals surface area contributed by atoms with Crippen LogP contribution in [0.3, 0.4) is 0 Å². The van der Waals surface area contributed by atoms with Gasteiger partial charge < -0.3 is 14.6 Å². The second-order valence-corrected chi connectivity index (χ2v) is 6.98. The maximum absolute atomic E-state index is 12.6. The van der Waals surface area contributed by atoms with Crippen LogP contribution in [0.25, 0.3) is 11.6 Å². The Labute approximate surface area is 157 Å². The predicted molar refractivity (Wildman–Crippen MR) is 95.3 cm³/mol. The zero-order valence-corrected chi connectivity index (χ0v) is 15.2. The number of ether oxygens (including phenoxy) is 1. The van der Waals surface area contributed by atoms with Crippen molar-refractivity contribution in [3.8, 4) is 11.6 Å². The Morgan fingerprint density at radius 3 is 2.81 bits per heavy atom. The van der Waals surface area contributed by atoms with Crippen molar-refractivity contribution in [2.45, 2.75) is 38.3 Å². The van der Waals surface area contributed by atoms with Gasteiger partial charge in [-0.1, -0.05) is 5.16 Å². The fraction of sp³-hybridized carbons (Fsp3) is 0.611. The molecule has 0 bridgehead atoms. The Morgan fingerprint density at radius 2 is 2.00 bits per heavy atom. The molecule has 2 aromatic rings. The lowest BCUT2D eigenvalue weighted by Crippen LogP contribution is -2.48. The summed E-state index contributed by atoms with van der Waals surface area (Å²) in [5.74, 6) is 1.12. The van der Waals surface area contributed by atoms with Crippen molar-refractivity contribution in [3.05, 3.63) is 24.4 Å². The highest BCUT2D eigenvalue weighted by atomic mass is 16.5. The molecule has 1 unspecified atom stereocenters. The number of amides is 1. The van der Waals surface area contributed by atoms with E-state index in [1.54, 1.807) is 18.5 Å². The van der Waals surface area contributed by atoms with Gasteiger partial charge in [-0.3, -0.25) is 9.69 Å². The van der Waals surface area contributed by atoms with Crippen LogP contribution in [0.2, 0.25) is 0 Å². The van der Waals surface area contributed by atoms with E-state index in [2.05, 4.69) is 30.3 Å². The molecule has 2 aliphatic heterocycles. The number of carbonyl (C=O) groups is 1. The molecule has 4 heterocycles. The molecule has 9 heteroatoms. The Balaban J connectivity index is 1.29. The first-order chi connectivity index (χ1) is 13.3. The maximum Gasteiger partial charge on any atom is 0.246 e. The number of rotatable bonds is 5. The minimum absolute atomic E-state index is 0.00134. The van der Waals surface area contributed by atoms with Gasteiger partial charge in [0.1, 0.15) is 0 Å². The van der Waals surface area contributed by atoms with Crippen LogP contribution in [0, 0.1) is 5.92 Å². The van der Waals surface area contributed by atoms with Gasteiger partial charge in [0.05, 0.1) is 12.5 Å². The molecule has 2 aromatic heterocycles. The summed E-state index contributed by atoms with van der Waals surface area (Å²) in [6.45, 7) is 3.74. The molecule has 9 nitrogen and oxygen atoms in total. The number of hydrogen-bond acceptors (Lipinski definition) is 8. The van der Waals surface area contributed by atoms with Crippen LogP contribution in [-0.4, -0.2) is 63.3 Å². The zero-order chi connectivity index (χ0) is 18.5. The SMILES string of the molecule is O=C(NCc1nc(-c2ncccn2)no1)C1CCCN(C2CCOCC2)C1. The first-order valence-electron chi connectivity index (χ1n) is 9.49. The lowest BCUT2D eigenvalue weighted by atomic mass is 9.94. The van der Waals surface area contributed by atoms with E-state index in [1.807, 2.05) is 0 Å². The summed E-state index contributed by atoms with van der Waals surface area (Å²) in [5, 5.41) is 6.80. The van der Waals surface area contributed by atoms with Crippen LogP contribution < -0.4 is 5.32 Å². The molecule has 27 heavy (non-hydrogen) atoms. The summed E-state index contributed by atoms with van der Waals surface area (Å²) in [6.07, 6.45) is 7.31. The van der Waals surface area contributed by atoms with Crippen LogP contribution in [0.5, 0.6) is 0 Å². The molecule has 1 atom stereocenters. The molecule has 1 N–H and O–H groups in total. The number of nitrogens with one attached hydrogen (secondary N) is 1. The van der Waals surface area contributed by atoms with E-state index in [0.717, 1.165) is 52.0 Å². The van der Waals surface area contributed by atoms with Crippen molar-refractivity contribution in [1.82, 2.24) is 30.3 Å². The van der Waals surface area contributed by atoms with Crippen molar-refractivity contribution >= 4 is 5.91 Å². The second-order valence-electron chi connectivity index (χ2n) is 6.98. The molecular formula is C18H24N6O3. The average Bonchev–Trinajstić information content (AvgIpc) is 3.22. The van der Waals surface area contributed by atoms with Crippen LogP contribution in [0.4, 0.5) is 0 Å². The third-order valence-electron chi connectivity index (χ3n) is 5.18. The van der Waals surface area contributed by atoms with E-state index < -0.39 is 0 Å². The van der Waals surface area contributed by atoms with Crippen LogP contribution in [0.1, 0.15) is 31.6 Å². The van der Waals surface area contributed by atoms with Gasteiger partial charge in [-0.2, -0.15) is 4.98 Å². The second kappa shape index (κ2) is 8.53. The Morgan fingerprint density at radius 1 is 1.19 bits per heavy atom. The first kappa shape index (κ1) is 18.0. The molecule has 0 aromatic carbocycles. The largest absolute Gasteiger partial charge is 0.381 e. The van der Waals surface area contributed by atoms with Gasteiger partial charge in [0.2, 0.25) is 23.4 Å². The molecule has 0 radical (unpaired) electrons. The quantitative estimate of drug-likeness (QED) is 0.830. The molecule has 144 valence electrons. The molecule has 0 spiro atoms. The van der Waals surface area contributed by atoms with Gasteiger partial charge in [-0.15, -0.1) is 0 Å². The van der Waals surface area contributed by atoms with Gasteiger partial charge in [-0.05, 0) is 38.3 Å². The highest BCUT2D eigenvalue weighted by Gasteiger charge is 2.30. The molecule has 4 rings (SSSR count). The van der Waals surface area contributed by atoms with Gasteiger partial charge >= 0.3 is 0 Å². The number of likely N-dealkylation sites (tertiary alicyclic amines) is 1. The number of aromatic nitrogens is 4. The fourth-order valence-corrected chi connectivity index (χ4v) is 3.74. The third-order valence-corrected chi connectivity index (χ3v) is 5.18. The third kappa shape index (κ3) is 4.48. The van der Waals surface area contributed by atoms with Gasteiger partial charge in [0, 0.05) is 38.2 Å². The van der Waals surface area contributed by atoms with Crippen molar-refractivity contribution < 1.29 is 14.1 Å². The summed E-state index contributed by atoms with van der Waals surface area (Å²) in [5.41, 5.74) is 0. The number of hydrogen-bond donors (Lipinski definition) is 1. The van der Waals surface area contributed by atoms with Crippen LogP contribution >= 0.6 is 0 Å². The van der Waals surface area contributed by atoms with E-state index in [0.29, 0.717) is 23.6 Å². The molecule has 2 aliphatic rings. The topological polar surface area (TPSA) is 106 Å². The average molecular weight is 372 g/mol. The first-order valence-corrected chi connectivity index (χ1v) is 9.49. The van der Waals surface area contributed by atoms with Crippen molar-refractivity contribution in [1.29, 1.82) is 0 Å². The van der Waals surface area contributed by atoms with Crippen molar-refractivity contribution in [2.24, 2.45) is 5.92 Å². The van der Waals surface area contributed by atoms with Crippen LogP contribution in [0.15, 0.2) is 23.0 Å². The highest BCUT2D eigenvalue weighted by molar-refractivity contribution is 5.78. The summed E-state index contributed by atoms with van der Waals surface area (Å²) in [7, 11) is 0. The zero-order valence-electron chi connectivity index (χ0n) is 15.2. The minimum atomic E-state index is 0.00134. The summed E-state index contributed by atoms with van der Waals surface area (Å²) in [4.78, 5) is 27.5. The normalized spacial score (nSPS) is 21.9. The van der Waals surface area contributed by atoms with E-state index in [9.17, 15) is 4.79 Å². The smallest absolute Gasteiger partial charge is 0.246 e. The Bertz CT molecular complexity index is 747. The molecule has 0 saturated carbocycles. The molecule has 0 aliphatic carbocycles. The van der Waals surface area contributed by atoms with Gasteiger partial charge in [-0.25, -0.2) is 9.97 Å². The van der Waals surface area contributed by atoms with Gasteiger partial charge in [0.25, 0.3) is 0 Å². The molecule has 2 saturated heterocycles. The lowest BCUT2D eigenvalue weighted by molar-refractivity contribution is -0.127. The minimum Gasteiger partial charge on any atom is -0.381 e. The fourth-order valence-electron chi connectivity index (χ4n) is 3.74. The summed E-state index contributed by atoms with van der Waals surface area (Å²) < 4.78 is 10.6. The molecular weight excluding hydrogens is 348 g/mol. The van der Waals surface area contributed by atoms with E-state index in [4.69, 9.17) is 9.26 Å². The van der Waals surface area contributed by atoms with Crippen LogP contribution in [-0.2, 0) is 16.1 Å².